The number of benzene rings is 1. The summed E-state index contributed by atoms with van der Waals surface area (Å²) in [6.07, 6.45) is -1.62. The van der Waals surface area contributed by atoms with Gasteiger partial charge in [-0.1, -0.05) is 37.3 Å². The Bertz CT molecular complexity index is 551. The number of aliphatic hydroxyl groups is 1. The Kier molecular flexibility index (Phi) is 4.78. The topological polar surface area (TPSA) is 86.3 Å². The molecule has 0 radical (unpaired) electrons. The lowest BCUT2D eigenvalue weighted by Crippen LogP contribution is -2.69. The van der Waals surface area contributed by atoms with Crippen LogP contribution in [-0.4, -0.2) is 49.1 Å². The summed E-state index contributed by atoms with van der Waals surface area (Å²) in [4.78, 5) is 12.1. The van der Waals surface area contributed by atoms with Crippen molar-refractivity contribution < 1.29 is 28.8 Å². The van der Waals surface area contributed by atoms with Crippen LogP contribution in [0.25, 0.3) is 0 Å². The SMILES string of the molecule is CC(O)C(NC(=O)OCc1ccccc1)C12OCC(C)(CO1)CO2. The number of amides is 1. The quantitative estimate of drug-likeness (QED) is 0.845. The third kappa shape index (κ3) is 3.54. The number of nitrogens with one attached hydrogen (secondary N) is 1. The Morgan fingerprint density at radius 1 is 1.25 bits per heavy atom. The Labute approximate surface area is 140 Å². The predicted molar refractivity (Wildman–Crippen MR) is 83.9 cm³/mol. The molecule has 132 valence electrons. The van der Waals surface area contributed by atoms with Crippen molar-refractivity contribution in [1.29, 1.82) is 0 Å². The van der Waals surface area contributed by atoms with Gasteiger partial charge in [-0.2, -0.15) is 0 Å². The van der Waals surface area contributed by atoms with Crippen LogP contribution in [0, 0.1) is 5.41 Å². The average molecular weight is 337 g/mol. The van der Waals surface area contributed by atoms with Crippen LogP contribution in [0.3, 0.4) is 0 Å². The molecule has 3 saturated heterocycles. The van der Waals surface area contributed by atoms with Crippen LogP contribution >= 0.6 is 0 Å². The zero-order valence-electron chi connectivity index (χ0n) is 13.9. The number of alkyl carbamates (subject to hydrolysis) is 1. The average Bonchev–Trinajstić information content (AvgIpc) is 2.59. The van der Waals surface area contributed by atoms with Crippen molar-refractivity contribution in [2.24, 2.45) is 5.41 Å². The molecular formula is C17H23NO6. The van der Waals surface area contributed by atoms with Crippen LogP contribution in [0.4, 0.5) is 4.79 Å². The minimum absolute atomic E-state index is 0.132. The largest absolute Gasteiger partial charge is 0.445 e. The van der Waals surface area contributed by atoms with Gasteiger partial charge in [0.15, 0.2) is 0 Å². The molecule has 2 N–H and O–H groups in total. The lowest BCUT2D eigenvalue weighted by Gasteiger charge is -2.53. The maximum atomic E-state index is 12.1. The van der Waals surface area contributed by atoms with E-state index >= 15 is 0 Å². The van der Waals surface area contributed by atoms with Crippen molar-refractivity contribution in [1.82, 2.24) is 5.32 Å². The van der Waals surface area contributed by atoms with Gasteiger partial charge in [0.25, 0.3) is 0 Å². The molecule has 3 aliphatic rings. The van der Waals surface area contributed by atoms with Crippen LogP contribution in [0.2, 0.25) is 0 Å². The summed E-state index contributed by atoms with van der Waals surface area (Å²) >= 11 is 0. The summed E-state index contributed by atoms with van der Waals surface area (Å²) in [5, 5.41) is 12.7. The van der Waals surface area contributed by atoms with Crippen molar-refractivity contribution in [2.75, 3.05) is 19.8 Å². The first-order chi connectivity index (χ1) is 11.4. The molecule has 2 unspecified atom stereocenters. The van der Waals surface area contributed by atoms with Crippen LogP contribution in [-0.2, 0) is 25.6 Å². The Hall–Kier alpha value is -1.67. The molecular weight excluding hydrogens is 314 g/mol. The van der Waals surface area contributed by atoms with Crippen LogP contribution in [0.5, 0.6) is 0 Å². The molecule has 1 aromatic rings. The van der Waals surface area contributed by atoms with Crippen molar-refractivity contribution in [3.05, 3.63) is 35.9 Å². The molecule has 24 heavy (non-hydrogen) atoms. The van der Waals surface area contributed by atoms with E-state index in [0.717, 1.165) is 5.56 Å². The zero-order valence-corrected chi connectivity index (χ0v) is 13.9. The number of fused-ring (bicyclic) bond motifs is 3. The fourth-order valence-corrected chi connectivity index (χ4v) is 2.74. The maximum absolute atomic E-state index is 12.1. The Morgan fingerprint density at radius 3 is 2.38 bits per heavy atom. The summed E-state index contributed by atoms with van der Waals surface area (Å²) in [6, 6.07) is 8.44. The number of hydrogen-bond acceptors (Lipinski definition) is 6. The van der Waals surface area contributed by atoms with Crippen molar-refractivity contribution >= 4 is 6.09 Å². The Balaban J connectivity index is 1.61. The lowest BCUT2D eigenvalue weighted by molar-refractivity contribution is -0.477. The van der Waals surface area contributed by atoms with Crippen LogP contribution in [0.15, 0.2) is 30.3 Å². The van der Waals surface area contributed by atoms with E-state index in [-0.39, 0.29) is 12.0 Å². The second-order valence-electron chi connectivity index (χ2n) is 6.70. The minimum atomic E-state index is -1.47. The maximum Gasteiger partial charge on any atom is 0.408 e. The molecule has 0 saturated carbocycles. The molecule has 1 amide bonds. The molecule has 2 bridgehead atoms. The molecule has 3 fully saturated rings. The van der Waals surface area contributed by atoms with E-state index in [9.17, 15) is 9.90 Å². The van der Waals surface area contributed by atoms with E-state index in [4.69, 9.17) is 18.9 Å². The molecule has 3 aliphatic heterocycles. The van der Waals surface area contributed by atoms with Gasteiger partial charge in [0.1, 0.15) is 12.6 Å². The number of hydrogen-bond donors (Lipinski definition) is 2. The summed E-state index contributed by atoms with van der Waals surface area (Å²) < 4.78 is 22.2. The van der Waals surface area contributed by atoms with Gasteiger partial charge in [0, 0.05) is 5.41 Å². The fraction of sp³-hybridized carbons (Fsp3) is 0.588. The van der Waals surface area contributed by atoms with Gasteiger partial charge < -0.3 is 29.4 Å². The number of ether oxygens (including phenoxy) is 4. The first-order valence-corrected chi connectivity index (χ1v) is 8.00. The van der Waals surface area contributed by atoms with E-state index in [0.29, 0.717) is 19.8 Å². The highest BCUT2D eigenvalue weighted by molar-refractivity contribution is 5.67. The second kappa shape index (κ2) is 6.68. The van der Waals surface area contributed by atoms with Gasteiger partial charge >= 0.3 is 12.1 Å². The first-order valence-electron chi connectivity index (χ1n) is 8.00. The number of carbonyl (C=O) groups excluding carboxylic acids is 1. The van der Waals surface area contributed by atoms with E-state index in [2.05, 4.69) is 5.32 Å². The number of aliphatic hydroxyl groups excluding tert-OH is 1. The first kappa shape index (κ1) is 17.2. The normalized spacial score (nSPS) is 31.3. The van der Waals surface area contributed by atoms with Gasteiger partial charge in [0.05, 0.1) is 25.9 Å². The molecule has 0 aromatic heterocycles. The van der Waals surface area contributed by atoms with Crippen LogP contribution in [0.1, 0.15) is 19.4 Å². The minimum Gasteiger partial charge on any atom is -0.445 e. The highest BCUT2D eigenvalue weighted by Crippen LogP contribution is 2.40. The third-order valence-electron chi connectivity index (χ3n) is 4.21. The van der Waals surface area contributed by atoms with Gasteiger partial charge in [-0.15, -0.1) is 0 Å². The zero-order chi connectivity index (χ0) is 17.2. The van der Waals surface area contributed by atoms with Crippen molar-refractivity contribution in [3.63, 3.8) is 0 Å². The smallest absolute Gasteiger partial charge is 0.408 e. The predicted octanol–water partition coefficient (Wildman–Crippen LogP) is 1.40. The summed E-state index contributed by atoms with van der Waals surface area (Å²) in [7, 11) is 0. The summed E-state index contributed by atoms with van der Waals surface area (Å²) in [5.74, 6) is -1.47. The van der Waals surface area contributed by atoms with E-state index in [1.165, 1.54) is 6.92 Å². The highest BCUT2D eigenvalue weighted by atomic mass is 16.9. The summed E-state index contributed by atoms with van der Waals surface area (Å²) in [5.41, 5.74) is 0.674. The molecule has 7 nitrogen and oxygen atoms in total. The summed E-state index contributed by atoms with van der Waals surface area (Å²) in [6.45, 7) is 4.99. The van der Waals surface area contributed by atoms with Crippen molar-refractivity contribution in [3.8, 4) is 0 Å². The van der Waals surface area contributed by atoms with Crippen LogP contribution < -0.4 is 5.32 Å². The van der Waals surface area contributed by atoms with E-state index < -0.39 is 24.2 Å². The second-order valence-corrected chi connectivity index (χ2v) is 6.70. The molecule has 4 rings (SSSR count). The van der Waals surface area contributed by atoms with E-state index in [1.54, 1.807) is 0 Å². The Morgan fingerprint density at radius 2 is 1.83 bits per heavy atom. The number of carbonyl (C=O) groups is 1. The van der Waals surface area contributed by atoms with Gasteiger partial charge in [-0.3, -0.25) is 0 Å². The molecule has 1 aromatic carbocycles. The third-order valence-corrected chi connectivity index (χ3v) is 4.21. The molecule has 2 atom stereocenters. The highest BCUT2D eigenvalue weighted by Gasteiger charge is 2.56. The van der Waals surface area contributed by atoms with Gasteiger partial charge in [-0.25, -0.2) is 4.79 Å². The molecule has 0 aliphatic carbocycles. The molecule has 3 heterocycles. The fourth-order valence-electron chi connectivity index (χ4n) is 2.74. The monoisotopic (exact) mass is 337 g/mol. The van der Waals surface area contributed by atoms with Gasteiger partial charge in [0.2, 0.25) is 0 Å². The van der Waals surface area contributed by atoms with E-state index in [1.807, 2.05) is 37.3 Å². The standard InChI is InChI=1S/C17H23NO6/c1-12(19)14(17-22-9-16(2,10-23-17)11-24-17)18-15(20)21-8-13-6-4-3-5-7-13/h3-7,12,14,19H,8-11H2,1-2H3,(H,18,20). The lowest BCUT2D eigenvalue weighted by atomic mass is 9.90. The molecule has 7 heteroatoms. The number of rotatable bonds is 5. The van der Waals surface area contributed by atoms with Crippen molar-refractivity contribution in [2.45, 2.75) is 38.6 Å². The molecule has 0 spiro atoms. The van der Waals surface area contributed by atoms with Gasteiger partial charge in [-0.05, 0) is 12.5 Å².